The number of carbonyl (C=O) groups is 1. The summed E-state index contributed by atoms with van der Waals surface area (Å²) >= 11 is 0. The largest absolute Gasteiger partial charge is 0.436 e. The van der Waals surface area contributed by atoms with Crippen molar-refractivity contribution in [3.05, 3.63) is 54.0 Å². The number of ether oxygens (including phenoxy) is 1. The molecule has 4 N–H and O–H groups in total. The first-order valence-electron chi connectivity index (χ1n) is 7.06. The van der Waals surface area contributed by atoms with Gasteiger partial charge < -0.3 is 20.9 Å². The smallest absolute Gasteiger partial charge is 0.239 e. The van der Waals surface area contributed by atoms with Crippen molar-refractivity contribution < 1.29 is 19.0 Å². The van der Waals surface area contributed by atoms with Gasteiger partial charge in [0.1, 0.15) is 6.04 Å². The molecule has 0 fully saturated rings. The van der Waals surface area contributed by atoms with E-state index in [0.29, 0.717) is 5.56 Å². The SMILES string of the molecule is C[C@@H](O)[C@H](N)C(=O)NCc1cccnc1Oc1ccccc1F. The zero-order valence-corrected chi connectivity index (χ0v) is 12.6. The number of para-hydroxylation sites is 1. The van der Waals surface area contributed by atoms with E-state index in [-0.39, 0.29) is 18.2 Å². The number of hydrogen-bond acceptors (Lipinski definition) is 5. The number of halogens is 1. The van der Waals surface area contributed by atoms with Crippen LogP contribution in [0.3, 0.4) is 0 Å². The first kappa shape index (κ1) is 16.9. The zero-order chi connectivity index (χ0) is 16.8. The van der Waals surface area contributed by atoms with E-state index in [4.69, 9.17) is 10.5 Å². The predicted octanol–water partition coefficient (Wildman–Crippen LogP) is 1.34. The van der Waals surface area contributed by atoms with Gasteiger partial charge in [0.15, 0.2) is 11.6 Å². The summed E-state index contributed by atoms with van der Waals surface area (Å²) in [7, 11) is 0. The van der Waals surface area contributed by atoms with Gasteiger partial charge in [-0.25, -0.2) is 9.37 Å². The lowest BCUT2D eigenvalue weighted by molar-refractivity contribution is -0.124. The summed E-state index contributed by atoms with van der Waals surface area (Å²) in [6.45, 7) is 1.53. The van der Waals surface area contributed by atoms with Crippen LogP contribution in [-0.2, 0) is 11.3 Å². The van der Waals surface area contributed by atoms with Crippen molar-refractivity contribution in [2.24, 2.45) is 5.73 Å². The van der Waals surface area contributed by atoms with Crippen LogP contribution in [0.5, 0.6) is 11.6 Å². The van der Waals surface area contributed by atoms with Crippen LogP contribution in [0.1, 0.15) is 12.5 Å². The lowest BCUT2D eigenvalue weighted by Crippen LogP contribution is -2.46. The van der Waals surface area contributed by atoms with Gasteiger partial charge in [0.2, 0.25) is 11.8 Å². The standard InChI is InChI=1S/C16H18FN3O3/c1-10(21)14(18)15(22)20-9-11-5-4-8-19-16(11)23-13-7-3-2-6-12(13)17/h2-8,10,14,21H,9,18H2,1H3,(H,20,22)/t10-,14+/m1/s1. The minimum atomic E-state index is -1.03. The van der Waals surface area contributed by atoms with Gasteiger partial charge in [-0.05, 0) is 25.1 Å². The number of benzene rings is 1. The summed E-state index contributed by atoms with van der Waals surface area (Å²) in [6, 6.07) is 8.30. The number of rotatable bonds is 6. The van der Waals surface area contributed by atoms with Crippen molar-refractivity contribution in [2.75, 3.05) is 0 Å². The molecule has 23 heavy (non-hydrogen) atoms. The van der Waals surface area contributed by atoms with Gasteiger partial charge in [0.25, 0.3) is 0 Å². The van der Waals surface area contributed by atoms with Crippen LogP contribution in [0, 0.1) is 5.82 Å². The van der Waals surface area contributed by atoms with Gasteiger partial charge in [0, 0.05) is 18.3 Å². The molecule has 0 radical (unpaired) electrons. The third-order valence-corrected chi connectivity index (χ3v) is 3.17. The van der Waals surface area contributed by atoms with E-state index in [0.717, 1.165) is 0 Å². The molecular formula is C16H18FN3O3. The summed E-state index contributed by atoms with van der Waals surface area (Å²) in [5, 5.41) is 11.9. The fourth-order valence-electron chi connectivity index (χ4n) is 1.80. The molecule has 0 aliphatic heterocycles. The number of nitrogens with two attached hydrogens (primary N) is 1. The van der Waals surface area contributed by atoms with Crippen LogP contribution in [0.15, 0.2) is 42.6 Å². The molecule has 1 amide bonds. The highest BCUT2D eigenvalue weighted by Gasteiger charge is 2.19. The molecule has 0 unspecified atom stereocenters. The number of carbonyl (C=O) groups excluding carboxylic acids is 1. The molecule has 2 atom stereocenters. The quantitative estimate of drug-likeness (QED) is 0.746. The second kappa shape index (κ2) is 7.66. The molecule has 7 heteroatoms. The molecule has 1 aromatic carbocycles. The Balaban J connectivity index is 2.09. The molecular weight excluding hydrogens is 301 g/mol. The first-order valence-corrected chi connectivity index (χ1v) is 7.06. The normalized spacial score (nSPS) is 13.2. The molecule has 0 saturated heterocycles. The molecule has 6 nitrogen and oxygen atoms in total. The molecule has 0 aliphatic carbocycles. The molecule has 1 heterocycles. The van der Waals surface area contributed by atoms with Crippen LogP contribution in [0.4, 0.5) is 4.39 Å². The minimum absolute atomic E-state index is 0.0412. The predicted molar refractivity (Wildman–Crippen MR) is 82.2 cm³/mol. The summed E-state index contributed by atoms with van der Waals surface area (Å²) < 4.78 is 19.1. The van der Waals surface area contributed by atoms with E-state index in [2.05, 4.69) is 10.3 Å². The molecule has 0 aliphatic rings. The van der Waals surface area contributed by atoms with E-state index in [1.807, 2.05) is 0 Å². The maximum absolute atomic E-state index is 13.6. The van der Waals surface area contributed by atoms with Crippen molar-refractivity contribution in [3.63, 3.8) is 0 Å². The Hall–Kier alpha value is -2.51. The van der Waals surface area contributed by atoms with E-state index in [1.54, 1.807) is 24.3 Å². The number of aliphatic hydroxyl groups excluding tert-OH is 1. The lowest BCUT2D eigenvalue weighted by Gasteiger charge is -2.15. The number of hydrogen-bond donors (Lipinski definition) is 3. The van der Waals surface area contributed by atoms with Crippen LogP contribution >= 0.6 is 0 Å². The second-order valence-corrected chi connectivity index (χ2v) is 4.98. The van der Waals surface area contributed by atoms with Crippen molar-refractivity contribution in [3.8, 4) is 11.6 Å². The topological polar surface area (TPSA) is 97.5 Å². The first-order chi connectivity index (χ1) is 11.0. The Morgan fingerprint density at radius 1 is 1.39 bits per heavy atom. The molecule has 0 spiro atoms. The van der Waals surface area contributed by atoms with Gasteiger partial charge >= 0.3 is 0 Å². The number of nitrogens with zero attached hydrogens (tertiary/aromatic N) is 1. The Morgan fingerprint density at radius 2 is 2.13 bits per heavy atom. The fourth-order valence-corrected chi connectivity index (χ4v) is 1.80. The third kappa shape index (κ3) is 4.48. The monoisotopic (exact) mass is 319 g/mol. The molecule has 1 aromatic heterocycles. The van der Waals surface area contributed by atoms with Crippen LogP contribution < -0.4 is 15.8 Å². The highest BCUT2D eigenvalue weighted by molar-refractivity contribution is 5.82. The van der Waals surface area contributed by atoms with Gasteiger partial charge in [-0.2, -0.15) is 0 Å². The Morgan fingerprint density at radius 3 is 2.83 bits per heavy atom. The zero-order valence-electron chi connectivity index (χ0n) is 12.6. The van der Waals surface area contributed by atoms with Gasteiger partial charge in [-0.3, -0.25) is 4.79 Å². The van der Waals surface area contributed by atoms with Crippen LogP contribution in [-0.4, -0.2) is 28.1 Å². The number of pyridine rings is 1. The minimum Gasteiger partial charge on any atom is -0.436 e. The lowest BCUT2D eigenvalue weighted by atomic mass is 10.2. The second-order valence-electron chi connectivity index (χ2n) is 4.98. The number of amides is 1. The van der Waals surface area contributed by atoms with E-state index < -0.39 is 23.9 Å². The molecule has 122 valence electrons. The maximum atomic E-state index is 13.6. The van der Waals surface area contributed by atoms with E-state index in [1.165, 1.54) is 25.3 Å². The molecule has 0 bridgehead atoms. The van der Waals surface area contributed by atoms with Crippen LogP contribution in [0.25, 0.3) is 0 Å². The average molecular weight is 319 g/mol. The van der Waals surface area contributed by atoms with Crippen molar-refractivity contribution in [1.29, 1.82) is 0 Å². The van der Waals surface area contributed by atoms with Crippen molar-refractivity contribution in [2.45, 2.75) is 25.6 Å². The van der Waals surface area contributed by atoms with Gasteiger partial charge in [-0.1, -0.05) is 18.2 Å². The number of aliphatic hydroxyl groups is 1. The number of nitrogens with one attached hydrogen (secondary N) is 1. The van der Waals surface area contributed by atoms with Crippen molar-refractivity contribution in [1.82, 2.24) is 10.3 Å². The average Bonchev–Trinajstić information content (AvgIpc) is 2.55. The Bertz CT molecular complexity index is 679. The van der Waals surface area contributed by atoms with Gasteiger partial charge in [-0.15, -0.1) is 0 Å². The van der Waals surface area contributed by atoms with Gasteiger partial charge in [0.05, 0.1) is 6.10 Å². The molecule has 2 aromatic rings. The van der Waals surface area contributed by atoms with Crippen molar-refractivity contribution >= 4 is 5.91 Å². The van der Waals surface area contributed by atoms with Crippen LogP contribution in [0.2, 0.25) is 0 Å². The summed E-state index contributed by atoms with van der Waals surface area (Å²) in [5.74, 6) is -0.784. The molecule has 0 saturated carbocycles. The summed E-state index contributed by atoms with van der Waals surface area (Å²) in [4.78, 5) is 15.8. The van der Waals surface area contributed by atoms with E-state index >= 15 is 0 Å². The third-order valence-electron chi connectivity index (χ3n) is 3.17. The fraction of sp³-hybridized carbons (Fsp3) is 0.250. The van der Waals surface area contributed by atoms with E-state index in [9.17, 15) is 14.3 Å². The number of aromatic nitrogens is 1. The highest BCUT2D eigenvalue weighted by Crippen LogP contribution is 2.25. The summed E-state index contributed by atoms with van der Waals surface area (Å²) in [6.07, 6.45) is 0.543. The maximum Gasteiger partial charge on any atom is 0.239 e. The highest BCUT2D eigenvalue weighted by atomic mass is 19.1. The molecule has 2 rings (SSSR count). The Labute approximate surface area is 133 Å². The Kier molecular flexibility index (Phi) is 5.61. The summed E-state index contributed by atoms with van der Waals surface area (Å²) in [5.41, 5.74) is 6.10.